The lowest BCUT2D eigenvalue weighted by molar-refractivity contribution is -0.370. The second-order valence-electron chi connectivity index (χ2n) is 17.2. The summed E-state index contributed by atoms with van der Waals surface area (Å²) < 4.78 is 29.8. The first kappa shape index (κ1) is 42.8. The van der Waals surface area contributed by atoms with Gasteiger partial charge in [0.05, 0.1) is 42.4 Å². The highest BCUT2D eigenvalue weighted by Crippen LogP contribution is 2.65. The third kappa shape index (κ3) is 6.68. The van der Waals surface area contributed by atoms with Gasteiger partial charge in [0.1, 0.15) is 30.0 Å². The Labute approximate surface area is 341 Å². The third-order valence-electron chi connectivity index (χ3n) is 13.7. The minimum absolute atomic E-state index is 0.0127. The van der Waals surface area contributed by atoms with Gasteiger partial charge < -0.3 is 59.6 Å². The molecular weight excluding hydrogens is 770 g/mol. The highest BCUT2D eigenvalue weighted by atomic mass is 16.6. The van der Waals surface area contributed by atoms with Crippen LogP contribution in [0.5, 0.6) is 0 Å². The smallest absolute Gasteiger partial charge is 0.338 e. The van der Waals surface area contributed by atoms with Crippen LogP contribution in [0.2, 0.25) is 0 Å². The molecule has 3 aliphatic carbocycles. The Morgan fingerprint density at radius 3 is 2.07 bits per heavy atom. The molecule has 5 aliphatic rings. The largest absolute Gasteiger partial charge is 0.455 e. The molecule has 0 spiro atoms. The molecule has 320 valence electrons. The van der Waals surface area contributed by atoms with E-state index >= 15 is 0 Å². The van der Waals surface area contributed by atoms with Crippen molar-refractivity contribution in [2.45, 2.75) is 126 Å². The molecule has 0 radical (unpaired) electrons. The van der Waals surface area contributed by atoms with E-state index in [0.717, 1.165) is 6.92 Å². The van der Waals surface area contributed by atoms with Crippen molar-refractivity contribution in [3.63, 3.8) is 0 Å². The molecule has 7 N–H and O–H groups in total. The van der Waals surface area contributed by atoms with Gasteiger partial charge in [0.2, 0.25) is 0 Å². The van der Waals surface area contributed by atoms with Gasteiger partial charge >= 0.3 is 17.9 Å². The topological polar surface area (TPSA) is 248 Å². The molecule has 16 nitrogen and oxygen atoms in total. The lowest BCUT2D eigenvalue weighted by atomic mass is 9.44. The zero-order valence-corrected chi connectivity index (χ0v) is 33.5. The van der Waals surface area contributed by atoms with Crippen LogP contribution in [0, 0.1) is 16.7 Å². The number of fused-ring (bicyclic) bond motifs is 5. The third-order valence-corrected chi connectivity index (χ3v) is 13.7. The number of esters is 3. The quantitative estimate of drug-likeness (QED) is 0.105. The van der Waals surface area contributed by atoms with Crippen molar-refractivity contribution >= 4 is 23.8 Å². The van der Waals surface area contributed by atoms with Crippen molar-refractivity contribution in [3.8, 4) is 0 Å². The van der Waals surface area contributed by atoms with Crippen LogP contribution >= 0.6 is 0 Å². The standard InChI is InChI=1S/C43H53NO15/c1-21-28-30(47)34(49)41(5)26(46)19-27-42(20-56-27,59-22(2)45)33(41)36(58-38(52)24-15-10-7-11-16-24)43(54,40(28,3)4)35(50)32(21)57-39(53)31(48)29(25-17-12-18-55-25)44-37(51)23-13-8-6-9-14-23/h6-11,13-16,25-27,29-36,46-50,54H,12,17-20H2,1-5H3,(H,44,51)/t25?,26-,27+,29-,30+,31+,32+,33?,34+,35-,36-,41+,42-,43+/m0/s1. The van der Waals surface area contributed by atoms with Crippen LogP contribution in [0.4, 0.5) is 0 Å². The van der Waals surface area contributed by atoms with Gasteiger partial charge in [-0.25, -0.2) is 9.59 Å². The molecule has 2 unspecified atom stereocenters. The summed E-state index contributed by atoms with van der Waals surface area (Å²) in [6, 6.07) is 14.5. The number of hydrogen-bond acceptors (Lipinski definition) is 15. The van der Waals surface area contributed by atoms with Crippen LogP contribution < -0.4 is 5.32 Å². The Morgan fingerprint density at radius 1 is 0.881 bits per heavy atom. The van der Waals surface area contributed by atoms with Crippen LogP contribution in [0.3, 0.4) is 0 Å². The van der Waals surface area contributed by atoms with E-state index in [-0.39, 0.29) is 35.3 Å². The van der Waals surface area contributed by atoms with Gasteiger partial charge in [0.25, 0.3) is 5.91 Å². The number of amides is 1. The van der Waals surface area contributed by atoms with Crippen LogP contribution in [0.25, 0.3) is 0 Å². The molecule has 0 aromatic heterocycles. The first-order valence-electron chi connectivity index (χ1n) is 19.9. The Hall–Kier alpha value is -4.26. The SMILES string of the molecule is CC(=O)O[C@@]12CO[C@@H]1C[C@H](O)[C@]1(C)C2[C@H](OC(=O)c2ccccc2)[C@]2(O)[C@@H](O)[C@H](OC(=O)[C@H](O)[C@@H](NC(=O)c3ccccc3)C3CCCO3)C(C)=C([C@@H](O)[C@H]1O)C2(C)C. The molecule has 4 fully saturated rings. The summed E-state index contributed by atoms with van der Waals surface area (Å²) in [7, 11) is 0. The summed E-state index contributed by atoms with van der Waals surface area (Å²) in [6.45, 7) is 6.84. The number of hydrogen-bond donors (Lipinski definition) is 7. The minimum Gasteiger partial charge on any atom is -0.455 e. The van der Waals surface area contributed by atoms with Crippen molar-refractivity contribution in [3.05, 3.63) is 82.9 Å². The van der Waals surface area contributed by atoms with Gasteiger partial charge in [0.15, 0.2) is 17.8 Å². The number of aliphatic hydroxyl groups is 6. The first-order chi connectivity index (χ1) is 27.8. The van der Waals surface area contributed by atoms with Crippen molar-refractivity contribution in [1.29, 1.82) is 0 Å². The van der Waals surface area contributed by atoms with E-state index in [1.165, 1.54) is 39.8 Å². The lowest BCUT2D eigenvalue weighted by Gasteiger charge is -2.69. The molecule has 16 heteroatoms. The Bertz CT molecular complexity index is 1970. The first-order valence-corrected chi connectivity index (χ1v) is 19.9. The van der Waals surface area contributed by atoms with E-state index < -0.39 is 113 Å². The predicted octanol–water partition coefficient (Wildman–Crippen LogP) is 0.734. The van der Waals surface area contributed by atoms with Crippen molar-refractivity contribution in [1.82, 2.24) is 5.32 Å². The molecule has 1 amide bonds. The molecule has 2 saturated carbocycles. The van der Waals surface area contributed by atoms with Crippen molar-refractivity contribution < 1.29 is 73.5 Å². The van der Waals surface area contributed by atoms with Crippen LogP contribution in [-0.4, -0.2) is 140 Å². The normalized spacial score (nSPS) is 38.2. The van der Waals surface area contributed by atoms with Gasteiger partial charge in [-0.05, 0) is 55.2 Å². The number of aliphatic hydroxyl groups excluding tert-OH is 5. The maximum atomic E-state index is 14.2. The number of ether oxygens (including phenoxy) is 5. The molecule has 14 atom stereocenters. The molecule has 2 saturated heterocycles. The molecule has 2 heterocycles. The average Bonchev–Trinajstić information content (AvgIpc) is 3.75. The summed E-state index contributed by atoms with van der Waals surface area (Å²) in [5.74, 6) is -5.32. The Kier molecular flexibility index (Phi) is 11.4. The molecule has 2 bridgehead atoms. The van der Waals surface area contributed by atoms with Crippen LogP contribution in [0.15, 0.2) is 71.8 Å². The van der Waals surface area contributed by atoms with Gasteiger partial charge in [-0.2, -0.15) is 0 Å². The van der Waals surface area contributed by atoms with E-state index in [9.17, 15) is 49.8 Å². The number of nitrogens with one attached hydrogen (secondary N) is 1. The average molecular weight is 824 g/mol. The summed E-state index contributed by atoms with van der Waals surface area (Å²) in [5, 5.41) is 77.0. The molecule has 7 rings (SSSR count). The number of benzene rings is 2. The van der Waals surface area contributed by atoms with Gasteiger partial charge in [-0.3, -0.25) is 9.59 Å². The second-order valence-corrected chi connectivity index (χ2v) is 17.2. The summed E-state index contributed by atoms with van der Waals surface area (Å²) in [4.78, 5) is 54.5. The maximum absolute atomic E-state index is 14.2. The van der Waals surface area contributed by atoms with Gasteiger partial charge in [-0.1, -0.05) is 57.2 Å². The number of rotatable bonds is 9. The van der Waals surface area contributed by atoms with E-state index in [1.54, 1.807) is 48.5 Å². The van der Waals surface area contributed by atoms with E-state index in [4.69, 9.17) is 23.7 Å². The maximum Gasteiger partial charge on any atom is 0.338 e. The molecule has 2 aromatic carbocycles. The highest BCUT2D eigenvalue weighted by molar-refractivity contribution is 5.95. The molecule has 2 aliphatic heterocycles. The number of carbonyl (C=O) groups is 4. The van der Waals surface area contributed by atoms with E-state index in [0.29, 0.717) is 19.4 Å². The number of carbonyl (C=O) groups excluding carboxylic acids is 4. The fraction of sp³-hybridized carbons (Fsp3) is 0.581. The molecule has 2 aromatic rings. The predicted molar refractivity (Wildman–Crippen MR) is 204 cm³/mol. The summed E-state index contributed by atoms with van der Waals surface area (Å²) in [6.07, 6.45) is -14.6. The zero-order valence-electron chi connectivity index (χ0n) is 33.5. The van der Waals surface area contributed by atoms with E-state index in [2.05, 4.69) is 5.32 Å². The minimum atomic E-state index is -2.78. The highest BCUT2D eigenvalue weighted by Gasteiger charge is 2.79. The summed E-state index contributed by atoms with van der Waals surface area (Å²) in [5.41, 5.74) is -8.19. The Morgan fingerprint density at radius 2 is 1.51 bits per heavy atom. The van der Waals surface area contributed by atoms with Crippen molar-refractivity contribution in [2.24, 2.45) is 16.7 Å². The second kappa shape index (κ2) is 15.6. The van der Waals surface area contributed by atoms with Crippen LogP contribution in [0.1, 0.15) is 74.6 Å². The van der Waals surface area contributed by atoms with E-state index in [1.807, 2.05) is 0 Å². The van der Waals surface area contributed by atoms with Gasteiger partial charge in [-0.15, -0.1) is 0 Å². The molecular formula is C43H53NO15. The van der Waals surface area contributed by atoms with Crippen molar-refractivity contribution in [2.75, 3.05) is 13.2 Å². The fourth-order valence-corrected chi connectivity index (χ4v) is 10.6. The molecule has 59 heavy (non-hydrogen) atoms. The monoisotopic (exact) mass is 823 g/mol. The zero-order chi connectivity index (χ0) is 42.8. The van der Waals surface area contributed by atoms with Crippen LogP contribution in [-0.2, 0) is 33.3 Å². The van der Waals surface area contributed by atoms with Gasteiger partial charge in [0, 0.05) is 36.3 Å². The summed E-state index contributed by atoms with van der Waals surface area (Å²) >= 11 is 0. The Balaban J connectivity index is 1.35. The lowest BCUT2D eigenvalue weighted by Crippen LogP contribution is -2.84. The fourth-order valence-electron chi connectivity index (χ4n) is 10.6.